The van der Waals surface area contributed by atoms with Crippen molar-refractivity contribution in [2.45, 2.75) is 25.9 Å². The lowest BCUT2D eigenvalue weighted by Gasteiger charge is -2.23. The fraction of sp³-hybridized carbons (Fsp3) is 0.533. The molecule has 1 fully saturated rings. The van der Waals surface area contributed by atoms with Gasteiger partial charge in [0.15, 0.2) is 0 Å². The summed E-state index contributed by atoms with van der Waals surface area (Å²) >= 11 is 0. The Kier molecular flexibility index (Phi) is 4.43. The molecule has 104 valence electrons. The van der Waals surface area contributed by atoms with Crippen LogP contribution in [-0.4, -0.2) is 37.6 Å². The molecule has 0 radical (unpaired) electrons. The van der Waals surface area contributed by atoms with E-state index in [1.807, 2.05) is 36.2 Å². The second-order valence-corrected chi connectivity index (χ2v) is 5.18. The Labute approximate surface area is 114 Å². The van der Waals surface area contributed by atoms with Gasteiger partial charge in [0.25, 0.3) is 0 Å². The fourth-order valence-corrected chi connectivity index (χ4v) is 2.60. The highest BCUT2D eigenvalue weighted by atomic mass is 16.5. The monoisotopic (exact) mass is 262 g/mol. The first kappa shape index (κ1) is 13.9. The third-order valence-electron chi connectivity index (χ3n) is 3.77. The number of benzene rings is 1. The second-order valence-electron chi connectivity index (χ2n) is 5.18. The summed E-state index contributed by atoms with van der Waals surface area (Å²) in [6.07, 6.45) is 0.933. The summed E-state index contributed by atoms with van der Waals surface area (Å²) < 4.78 is 5.20. The van der Waals surface area contributed by atoms with Crippen LogP contribution in [0.4, 0.5) is 0 Å². The highest BCUT2D eigenvalue weighted by Gasteiger charge is 2.31. The van der Waals surface area contributed by atoms with Crippen molar-refractivity contribution in [3.8, 4) is 5.75 Å². The summed E-state index contributed by atoms with van der Waals surface area (Å²) in [5, 5.41) is 3.32. The molecule has 1 aromatic carbocycles. The summed E-state index contributed by atoms with van der Waals surface area (Å²) in [5.74, 6) is 1.16. The van der Waals surface area contributed by atoms with Crippen LogP contribution in [0.5, 0.6) is 5.75 Å². The highest BCUT2D eigenvalue weighted by Crippen LogP contribution is 2.19. The van der Waals surface area contributed by atoms with Gasteiger partial charge < -0.3 is 15.0 Å². The molecule has 0 aliphatic carbocycles. The van der Waals surface area contributed by atoms with Crippen molar-refractivity contribution in [2.24, 2.45) is 5.92 Å². The molecule has 2 rings (SSSR count). The topological polar surface area (TPSA) is 41.6 Å². The van der Waals surface area contributed by atoms with Crippen molar-refractivity contribution >= 4 is 5.91 Å². The lowest BCUT2D eigenvalue weighted by Crippen LogP contribution is -2.37. The van der Waals surface area contributed by atoms with Gasteiger partial charge in [0.05, 0.1) is 13.0 Å². The Balaban J connectivity index is 1.99. The Hall–Kier alpha value is -1.55. The maximum Gasteiger partial charge on any atom is 0.227 e. The Morgan fingerprint density at radius 2 is 2.32 bits per heavy atom. The normalized spacial score (nSPS) is 22.3. The fourth-order valence-electron chi connectivity index (χ4n) is 2.60. The molecule has 2 atom stereocenters. The van der Waals surface area contributed by atoms with Crippen LogP contribution in [0.15, 0.2) is 24.3 Å². The molecule has 19 heavy (non-hydrogen) atoms. The number of ether oxygens (including phenoxy) is 1. The zero-order valence-corrected chi connectivity index (χ0v) is 11.8. The van der Waals surface area contributed by atoms with Crippen LogP contribution in [0.1, 0.15) is 18.9 Å². The van der Waals surface area contributed by atoms with Crippen molar-refractivity contribution in [1.29, 1.82) is 0 Å². The highest BCUT2D eigenvalue weighted by molar-refractivity contribution is 5.79. The zero-order chi connectivity index (χ0) is 13.8. The van der Waals surface area contributed by atoms with Gasteiger partial charge in [0.1, 0.15) is 5.75 Å². The third kappa shape index (κ3) is 3.26. The third-order valence-corrected chi connectivity index (χ3v) is 3.77. The van der Waals surface area contributed by atoms with Crippen molar-refractivity contribution in [3.63, 3.8) is 0 Å². The van der Waals surface area contributed by atoms with Gasteiger partial charge in [-0.05, 0) is 37.6 Å². The first-order valence-corrected chi connectivity index (χ1v) is 6.73. The molecule has 0 saturated carbocycles. The van der Waals surface area contributed by atoms with E-state index in [1.54, 1.807) is 7.11 Å². The average molecular weight is 262 g/mol. The molecule has 1 amide bonds. The number of amides is 1. The van der Waals surface area contributed by atoms with E-state index in [0.717, 1.165) is 24.3 Å². The first-order valence-electron chi connectivity index (χ1n) is 6.73. The first-order chi connectivity index (χ1) is 9.11. The van der Waals surface area contributed by atoms with Gasteiger partial charge in [-0.3, -0.25) is 4.79 Å². The Morgan fingerprint density at radius 3 is 2.95 bits per heavy atom. The van der Waals surface area contributed by atoms with E-state index in [-0.39, 0.29) is 17.9 Å². The molecule has 0 bridgehead atoms. The maximum absolute atomic E-state index is 12.4. The van der Waals surface area contributed by atoms with E-state index < -0.39 is 0 Å². The molecule has 1 aliphatic rings. The minimum Gasteiger partial charge on any atom is -0.497 e. The molecule has 0 aromatic heterocycles. The number of carbonyl (C=O) groups is 1. The van der Waals surface area contributed by atoms with Gasteiger partial charge in [-0.2, -0.15) is 0 Å². The van der Waals surface area contributed by atoms with E-state index in [9.17, 15) is 4.79 Å². The van der Waals surface area contributed by atoms with Gasteiger partial charge in [-0.25, -0.2) is 0 Å². The molecule has 4 nitrogen and oxygen atoms in total. The second kappa shape index (κ2) is 6.06. The minimum absolute atomic E-state index is 0.107. The summed E-state index contributed by atoms with van der Waals surface area (Å²) in [7, 11) is 3.52. The van der Waals surface area contributed by atoms with Crippen LogP contribution in [0.3, 0.4) is 0 Å². The Bertz CT molecular complexity index is 448. The van der Waals surface area contributed by atoms with Gasteiger partial charge in [-0.1, -0.05) is 12.1 Å². The van der Waals surface area contributed by atoms with Crippen LogP contribution in [0, 0.1) is 5.92 Å². The van der Waals surface area contributed by atoms with Gasteiger partial charge >= 0.3 is 0 Å². The number of hydrogen-bond donors (Lipinski definition) is 1. The summed E-state index contributed by atoms with van der Waals surface area (Å²) in [6.45, 7) is 3.64. The largest absolute Gasteiger partial charge is 0.497 e. The molecule has 4 heteroatoms. The van der Waals surface area contributed by atoms with Gasteiger partial charge in [0.2, 0.25) is 5.91 Å². The summed E-state index contributed by atoms with van der Waals surface area (Å²) in [4.78, 5) is 14.2. The molecule has 0 spiro atoms. The summed E-state index contributed by atoms with van der Waals surface area (Å²) in [5.41, 5.74) is 1.09. The number of nitrogens with one attached hydrogen (secondary N) is 1. The maximum atomic E-state index is 12.4. The van der Waals surface area contributed by atoms with E-state index in [1.165, 1.54) is 0 Å². The van der Waals surface area contributed by atoms with Crippen LogP contribution >= 0.6 is 0 Å². The van der Waals surface area contributed by atoms with Crippen molar-refractivity contribution in [2.75, 3.05) is 20.7 Å². The molecule has 1 N–H and O–H groups in total. The number of carbonyl (C=O) groups excluding carboxylic acids is 1. The van der Waals surface area contributed by atoms with E-state index >= 15 is 0 Å². The molecular formula is C15H22N2O2. The zero-order valence-electron chi connectivity index (χ0n) is 11.8. The lowest BCUT2D eigenvalue weighted by molar-refractivity contribution is -0.134. The van der Waals surface area contributed by atoms with Crippen LogP contribution in [0.25, 0.3) is 0 Å². The molecule has 2 unspecified atom stereocenters. The number of rotatable bonds is 4. The quantitative estimate of drug-likeness (QED) is 0.897. The van der Waals surface area contributed by atoms with Crippen LogP contribution in [-0.2, 0) is 11.3 Å². The summed E-state index contributed by atoms with van der Waals surface area (Å²) in [6, 6.07) is 8.13. The van der Waals surface area contributed by atoms with E-state index in [4.69, 9.17) is 4.74 Å². The van der Waals surface area contributed by atoms with Gasteiger partial charge in [-0.15, -0.1) is 0 Å². The standard InChI is InChI=1S/C15H22N2O2/c1-11-14(7-8-16-11)15(18)17(2)10-12-5-4-6-13(9-12)19-3/h4-6,9,11,14,16H,7-8,10H2,1-3H3. The number of nitrogens with zero attached hydrogens (tertiary/aromatic N) is 1. The Morgan fingerprint density at radius 1 is 1.53 bits per heavy atom. The van der Waals surface area contributed by atoms with Crippen molar-refractivity contribution in [1.82, 2.24) is 10.2 Å². The van der Waals surface area contributed by atoms with Crippen molar-refractivity contribution in [3.05, 3.63) is 29.8 Å². The molecular weight excluding hydrogens is 240 g/mol. The molecule has 1 saturated heterocycles. The molecule has 1 aromatic rings. The average Bonchev–Trinajstić information content (AvgIpc) is 2.84. The smallest absolute Gasteiger partial charge is 0.227 e. The molecule has 1 aliphatic heterocycles. The number of methoxy groups -OCH3 is 1. The predicted octanol–water partition coefficient (Wildman–Crippen LogP) is 1.65. The SMILES string of the molecule is COc1cccc(CN(C)C(=O)C2CCNC2C)c1. The van der Waals surface area contributed by atoms with Crippen LogP contribution in [0.2, 0.25) is 0 Å². The minimum atomic E-state index is 0.107. The number of hydrogen-bond acceptors (Lipinski definition) is 3. The van der Waals surface area contributed by atoms with Crippen LogP contribution < -0.4 is 10.1 Å². The van der Waals surface area contributed by atoms with E-state index in [2.05, 4.69) is 12.2 Å². The van der Waals surface area contributed by atoms with Crippen molar-refractivity contribution < 1.29 is 9.53 Å². The predicted molar refractivity (Wildman–Crippen MR) is 75.0 cm³/mol. The molecule has 1 heterocycles. The van der Waals surface area contributed by atoms with Gasteiger partial charge in [0, 0.05) is 19.6 Å². The van der Waals surface area contributed by atoms with E-state index in [0.29, 0.717) is 6.54 Å². The lowest BCUT2D eigenvalue weighted by atomic mass is 10.0.